The molecule has 6 heteroatoms. The van der Waals surface area contributed by atoms with E-state index in [-0.39, 0.29) is 11.9 Å². The van der Waals surface area contributed by atoms with Crippen LogP contribution in [-0.4, -0.2) is 47.0 Å². The van der Waals surface area contributed by atoms with E-state index in [1.807, 2.05) is 18.2 Å². The number of nitrogens with zero attached hydrogens (tertiary/aromatic N) is 2. The maximum Gasteiger partial charge on any atom is 0.271 e. The van der Waals surface area contributed by atoms with Crippen LogP contribution in [0.1, 0.15) is 5.69 Å². The SMILES string of the molecule is CON(C)C(=O)[C@@H]1CSC(c2cc3ccccc3[nH]2)=N1. The van der Waals surface area contributed by atoms with Gasteiger partial charge >= 0.3 is 0 Å². The van der Waals surface area contributed by atoms with Crippen molar-refractivity contribution >= 4 is 33.6 Å². The van der Waals surface area contributed by atoms with Crippen LogP contribution in [0.3, 0.4) is 0 Å². The van der Waals surface area contributed by atoms with E-state index >= 15 is 0 Å². The first kappa shape index (κ1) is 13.2. The average molecular weight is 289 g/mol. The first-order chi connectivity index (χ1) is 9.69. The second-order valence-corrected chi connectivity index (χ2v) is 5.56. The van der Waals surface area contributed by atoms with Gasteiger partial charge in [0, 0.05) is 23.7 Å². The molecule has 1 aliphatic rings. The van der Waals surface area contributed by atoms with Gasteiger partial charge in [0.25, 0.3) is 5.91 Å². The van der Waals surface area contributed by atoms with Gasteiger partial charge in [0.2, 0.25) is 0 Å². The zero-order chi connectivity index (χ0) is 14.1. The number of aromatic amines is 1. The average Bonchev–Trinajstić information content (AvgIpc) is 3.11. The van der Waals surface area contributed by atoms with Crippen LogP contribution in [0.25, 0.3) is 10.9 Å². The third kappa shape index (κ3) is 2.32. The van der Waals surface area contributed by atoms with Crippen LogP contribution in [-0.2, 0) is 9.63 Å². The summed E-state index contributed by atoms with van der Waals surface area (Å²) in [5.41, 5.74) is 2.04. The molecule has 0 unspecified atom stereocenters. The van der Waals surface area contributed by atoms with Gasteiger partial charge in [-0.15, -0.1) is 11.8 Å². The summed E-state index contributed by atoms with van der Waals surface area (Å²) < 4.78 is 0. The van der Waals surface area contributed by atoms with Crippen LogP contribution in [0.15, 0.2) is 35.3 Å². The van der Waals surface area contributed by atoms with Crippen molar-refractivity contribution < 1.29 is 9.63 Å². The minimum Gasteiger partial charge on any atom is -0.353 e. The number of hydrogen-bond acceptors (Lipinski definition) is 4. The third-order valence-corrected chi connectivity index (χ3v) is 4.36. The molecule has 0 fully saturated rings. The molecule has 2 aromatic rings. The van der Waals surface area contributed by atoms with Gasteiger partial charge in [0.15, 0.2) is 0 Å². The first-order valence-electron chi connectivity index (χ1n) is 6.29. The summed E-state index contributed by atoms with van der Waals surface area (Å²) in [4.78, 5) is 24.7. The van der Waals surface area contributed by atoms with Crippen LogP contribution >= 0.6 is 11.8 Å². The van der Waals surface area contributed by atoms with Crippen molar-refractivity contribution in [2.45, 2.75) is 6.04 Å². The number of likely N-dealkylation sites (N-methyl/N-ethyl adjacent to an activating group) is 1. The van der Waals surface area contributed by atoms with Crippen molar-refractivity contribution in [2.24, 2.45) is 4.99 Å². The Morgan fingerprint density at radius 2 is 2.30 bits per heavy atom. The smallest absolute Gasteiger partial charge is 0.271 e. The molecule has 1 N–H and O–H groups in total. The number of rotatable bonds is 3. The minimum absolute atomic E-state index is 0.119. The fourth-order valence-corrected chi connectivity index (χ4v) is 3.14. The molecule has 2 heterocycles. The molecule has 1 amide bonds. The fraction of sp³-hybridized carbons (Fsp3) is 0.286. The van der Waals surface area contributed by atoms with E-state index in [0.29, 0.717) is 5.75 Å². The van der Waals surface area contributed by atoms with E-state index < -0.39 is 0 Å². The Labute approximate surface area is 121 Å². The third-order valence-electron chi connectivity index (χ3n) is 3.28. The molecule has 0 saturated heterocycles. The molecule has 3 rings (SSSR count). The molecule has 104 valence electrons. The summed E-state index contributed by atoms with van der Waals surface area (Å²) in [6.45, 7) is 0. The standard InChI is InChI=1S/C14H15N3O2S/c1-17(19-2)14(18)12-8-20-13(16-12)11-7-9-5-3-4-6-10(9)15-11/h3-7,12,15H,8H2,1-2H3/t12-/m0/s1. The first-order valence-corrected chi connectivity index (χ1v) is 7.28. The summed E-state index contributed by atoms with van der Waals surface area (Å²) in [5.74, 6) is 0.531. The molecule has 0 saturated carbocycles. The molecule has 5 nitrogen and oxygen atoms in total. The molecule has 1 aliphatic heterocycles. The molecule has 1 aromatic carbocycles. The van der Waals surface area contributed by atoms with E-state index in [4.69, 9.17) is 4.84 Å². The van der Waals surface area contributed by atoms with Gasteiger partial charge in [0.05, 0.1) is 12.8 Å². The molecular formula is C14H15N3O2S. The Hall–Kier alpha value is -1.79. The van der Waals surface area contributed by atoms with E-state index in [1.54, 1.807) is 18.8 Å². The summed E-state index contributed by atoms with van der Waals surface area (Å²) in [5, 5.41) is 3.25. The van der Waals surface area contributed by atoms with E-state index in [0.717, 1.165) is 21.6 Å². The highest BCUT2D eigenvalue weighted by Gasteiger charge is 2.28. The number of carbonyl (C=O) groups excluding carboxylic acids is 1. The molecule has 0 radical (unpaired) electrons. The predicted molar refractivity (Wildman–Crippen MR) is 80.9 cm³/mol. The number of hydroxylamine groups is 2. The molecule has 0 aliphatic carbocycles. The van der Waals surface area contributed by atoms with Crippen molar-refractivity contribution in [3.63, 3.8) is 0 Å². The van der Waals surface area contributed by atoms with Gasteiger partial charge in [-0.3, -0.25) is 14.6 Å². The largest absolute Gasteiger partial charge is 0.353 e. The van der Waals surface area contributed by atoms with Crippen molar-refractivity contribution in [1.29, 1.82) is 0 Å². The second kappa shape index (κ2) is 5.30. The van der Waals surface area contributed by atoms with Gasteiger partial charge in [0.1, 0.15) is 11.1 Å². The lowest BCUT2D eigenvalue weighted by Crippen LogP contribution is -2.34. The maximum atomic E-state index is 12.0. The van der Waals surface area contributed by atoms with E-state index in [1.165, 1.54) is 12.2 Å². The topological polar surface area (TPSA) is 57.7 Å². The number of H-pyrrole nitrogens is 1. The summed E-state index contributed by atoms with van der Waals surface area (Å²) in [6.07, 6.45) is 0. The van der Waals surface area contributed by atoms with E-state index in [9.17, 15) is 4.79 Å². The normalized spacial score (nSPS) is 18.3. The number of hydrogen-bond donors (Lipinski definition) is 1. The molecule has 1 aromatic heterocycles. The number of nitrogens with one attached hydrogen (secondary N) is 1. The highest BCUT2D eigenvalue weighted by Crippen LogP contribution is 2.26. The highest BCUT2D eigenvalue weighted by molar-refractivity contribution is 8.14. The van der Waals surface area contributed by atoms with Crippen LogP contribution in [0, 0.1) is 0 Å². The number of aliphatic imine (C=N–C) groups is 1. The lowest BCUT2D eigenvalue weighted by Gasteiger charge is -2.15. The van der Waals surface area contributed by atoms with Gasteiger partial charge < -0.3 is 4.98 Å². The Kier molecular flexibility index (Phi) is 3.50. The number of amides is 1. The summed E-state index contributed by atoms with van der Waals surface area (Å²) >= 11 is 1.59. The second-order valence-electron chi connectivity index (χ2n) is 4.55. The monoisotopic (exact) mass is 289 g/mol. The predicted octanol–water partition coefficient (Wildman–Crippen LogP) is 2.05. The maximum absolute atomic E-state index is 12.0. The Balaban J connectivity index is 1.86. The lowest BCUT2D eigenvalue weighted by atomic mass is 10.2. The minimum atomic E-state index is -0.369. The van der Waals surface area contributed by atoms with Crippen LogP contribution in [0.2, 0.25) is 0 Å². The van der Waals surface area contributed by atoms with Crippen LogP contribution in [0.4, 0.5) is 0 Å². The van der Waals surface area contributed by atoms with Gasteiger partial charge in [-0.2, -0.15) is 0 Å². The number of para-hydroxylation sites is 1. The highest BCUT2D eigenvalue weighted by atomic mass is 32.2. The number of fused-ring (bicyclic) bond motifs is 1. The van der Waals surface area contributed by atoms with E-state index in [2.05, 4.69) is 22.1 Å². The number of thioether (sulfide) groups is 1. The van der Waals surface area contributed by atoms with Gasteiger partial charge in [-0.1, -0.05) is 18.2 Å². The van der Waals surface area contributed by atoms with Crippen molar-refractivity contribution in [2.75, 3.05) is 19.9 Å². The zero-order valence-electron chi connectivity index (χ0n) is 11.3. The molecular weight excluding hydrogens is 274 g/mol. The van der Waals surface area contributed by atoms with Gasteiger partial charge in [-0.05, 0) is 12.1 Å². The molecule has 0 spiro atoms. The number of aromatic nitrogens is 1. The Bertz CT molecular complexity index is 647. The fourth-order valence-electron chi connectivity index (χ4n) is 2.14. The van der Waals surface area contributed by atoms with Gasteiger partial charge in [-0.25, -0.2) is 5.06 Å². The van der Waals surface area contributed by atoms with Crippen molar-refractivity contribution in [3.05, 3.63) is 36.0 Å². The Morgan fingerprint density at radius 3 is 3.05 bits per heavy atom. The Morgan fingerprint density at radius 1 is 1.50 bits per heavy atom. The van der Waals surface area contributed by atoms with Crippen LogP contribution < -0.4 is 0 Å². The molecule has 1 atom stereocenters. The molecule has 0 bridgehead atoms. The lowest BCUT2D eigenvalue weighted by molar-refractivity contribution is -0.169. The summed E-state index contributed by atoms with van der Waals surface area (Å²) in [7, 11) is 3.08. The zero-order valence-corrected chi connectivity index (χ0v) is 12.1. The van der Waals surface area contributed by atoms with Crippen LogP contribution in [0.5, 0.6) is 0 Å². The number of carbonyl (C=O) groups is 1. The number of benzene rings is 1. The summed E-state index contributed by atoms with van der Waals surface area (Å²) in [6, 6.07) is 9.77. The quantitative estimate of drug-likeness (QED) is 0.880. The van der Waals surface area contributed by atoms with Crippen molar-refractivity contribution in [3.8, 4) is 0 Å². The van der Waals surface area contributed by atoms with Crippen molar-refractivity contribution in [1.82, 2.24) is 10.0 Å². The molecule has 20 heavy (non-hydrogen) atoms.